The van der Waals surface area contributed by atoms with E-state index in [1.165, 1.54) is 12.1 Å². The van der Waals surface area contributed by atoms with Crippen LogP contribution in [-0.2, 0) is 10.3 Å². The van der Waals surface area contributed by atoms with Crippen LogP contribution in [0, 0.1) is 5.82 Å². The van der Waals surface area contributed by atoms with Gasteiger partial charge in [0.25, 0.3) is 12.3 Å². The minimum absolute atomic E-state index is 0.182. The van der Waals surface area contributed by atoms with Crippen LogP contribution >= 0.6 is 0 Å². The van der Waals surface area contributed by atoms with Gasteiger partial charge in [0, 0.05) is 0 Å². The number of hydrogen-bond donors (Lipinski definition) is 2. The van der Waals surface area contributed by atoms with Crippen molar-refractivity contribution in [2.45, 2.75) is 25.0 Å². The summed E-state index contributed by atoms with van der Waals surface area (Å²) in [4.78, 5) is 15.0. The molecule has 1 aliphatic rings. The number of rotatable bonds is 3. The number of nitrogens with two attached hydrogens (primary N) is 2. The van der Waals surface area contributed by atoms with Crippen LogP contribution in [0.3, 0.4) is 0 Å². The van der Waals surface area contributed by atoms with Crippen molar-refractivity contribution < 1.29 is 22.7 Å². The second-order valence-corrected chi connectivity index (χ2v) is 4.94. The van der Waals surface area contributed by atoms with Crippen molar-refractivity contribution in [3.63, 3.8) is 0 Å². The standard InChI is InChI=1S/C13H14F3N3O2/c1-13(5-21-9(10(15)16)11(17)19-13)6-2-3-7(12(18)20)8(14)4-6/h2-4,9-10H,5H2,1H3,(H2,17,19)(H2,18,20)/t9-,13?/m0/s1. The molecule has 2 atom stereocenters. The van der Waals surface area contributed by atoms with Crippen molar-refractivity contribution in [3.05, 3.63) is 35.1 Å². The Balaban J connectivity index is 2.38. The van der Waals surface area contributed by atoms with E-state index in [0.717, 1.165) is 6.07 Å². The number of aliphatic imine (C=N–C) groups is 1. The molecule has 1 aromatic rings. The molecule has 8 heteroatoms. The Morgan fingerprint density at radius 3 is 2.67 bits per heavy atom. The fourth-order valence-corrected chi connectivity index (χ4v) is 2.12. The molecule has 1 unspecified atom stereocenters. The first-order chi connectivity index (χ1) is 9.74. The Morgan fingerprint density at radius 1 is 1.52 bits per heavy atom. The maximum absolute atomic E-state index is 13.8. The van der Waals surface area contributed by atoms with Gasteiger partial charge in [-0.1, -0.05) is 6.07 Å². The molecule has 0 aromatic heterocycles. The molecule has 0 radical (unpaired) electrons. The maximum Gasteiger partial charge on any atom is 0.271 e. The number of amides is 1. The fourth-order valence-electron chi connectivity index (χ4n) is 2.12. The van der Waals surface area contributed by atoms with E-state index in [4.69, 9.17) is 16.2 Å². The van der Waals surface area contributed by atoms with Gasteiger partial charge in [-0.05, 0) is 24.6 Å². The number of primary amides is 1. The Bertz CT molecular complexity index is 606. The van der Waals surface area contributed by atoms with Gasteiger partial charge in [-0.2, -0.15) is 0 Å². The van der Waals surface area contributed by atoms with E-state index >= 15 is 0 Å². The van der Waals surface area contributed by atoms with Crippen LogP contribution in [0.4, 0.5) is 13.2 Å². The smallest absolute Gasteiger partial charge is 0.271 e. The number of carbonyl (C=O) groups excluding carboxylic acids is 1. The lowest BCUT2D eigenvalue weighted by Gasteiger charge is -2.34. The number of nitrogens with zero attached hydrogens (tertiary/aromatic N) is 1. The monoisotopic (exact) mass is 301 g/mol. The molecule has 0 spiro atoms. The molecule has 0 saturated heterocycles. The molecule has 5 nitrogen and oxygen atoms in total. The van der Waals surface area contributed by atoms with E-state index in [9.17, 15) is 18.0 Å². The fraction of sp³-hybridized carbons (Fsp3) is 0.385. The summed E-state index contributed by atoms with van der Waals surface area (Å²) in [5.74, 6) is -2.06. The van der Waals surface area contributed by atoms with Gasteiger partial charge in [-0.3, -0.25) is 9.79 Å². The molecule has 2 rings (SSSR count). The summed E-state index contributed by atoms with van der Waals surface area (Å²) in [5, 5.41) is 0. The largest absolute Gasteiger partial charge is 0.385 e. The third-order valence-corrected chi connectivity index (χ3v) is 3.30. The third kappa shape index (κ3) is 2.85. The summed E-state index contributed by atoms with van der Waals surface area (Å²) in [7, 11) is 0. The molecule has 0 fully saturated rings. The van der Waals surface area contributed by atoms with Gasteiger partial charge in [0.15, 0.2) is 6.10 Å². The summed E-state index contributed by atoms with van der Waals surface area (Å²) in [6, 6.07) is 3.72. The minimum atomic E-state index is -2.78. The zero-order valence-electron chi connectivity index (χ0n) is 11.1. The second kappa shape index (κ2) is 5.36. The molecular weight excluding hydrogens is 287 g/mol. The zero-order chi connectivity index (χ0) is 15.8. The number of alkyl halides is 2. The van der Waals surface area contributed by atoms with Gasteiger partial charge in [-0.25, -0.2) is 13.2 Å². The van der Waals surface area contributed by atoms with Crippen LogP contribution in [0.25, 0.3) is 0 Å². The molecule has 1 amide bonds. The molecule has 0 saturated carbocycles. The van der Waals surface area contributed by atoms with Gasteiger partial charge in [0.1, 0.15) is 17.2 Å². The van der Waals surface area contributed by atoms with Crippen molar-refractivity contribution in [1.82, 2.24) is 0 Å². The highest BCUT2D eigenvalue weighted by molar-refractivity contribution is 5.93. The zero-order valence-corrected chi connectivity index (χ0v) is 11.1. The summed E-state index contributed by atoms with van der Waals surface area (Å²) in [6.45, 7) is 1.39. The first-order valence-corrected chi connectivity index (χ1v) is 6.09. The Hall–Kier alpha value is -2.09. The van der Waals surface area contributed by atoms with E-state index in [0.29, 0.717) is 5.56 Å². The van der Waals surface area contributed by atoms with E-state index in [1.807, 2.05) is 0 Å². The van der Waals surface area contributed by atoms with Crippen LogP contribution in [0.2, 0.25) is 0 Å². The summed E-state index contributed by atoms with van der Waals surface area (Å²) in [6.07, 6.45) is -4.35. The Kier molecular flexibility index (Phi) is 3.91. The van der Waals surface area contributed by atoms with Crippen LogP contribution in [0.15, 0.2) is 23.2 Å². The molecule has 21 heavy (non-hydrogen) atoms. The van der Waals surface area contributed by atoms with Crippen LogP contribution in [-0.4, -0.2) is 30.9 Å². The Morgan fingerprint density at radius 2 is 2.19 bits per heavy atom. The van der Waals surface area contributed by atoms with Crippen LogP contribution < -0.4 is 11.5 Å². The molecular formula is C13H14F3N3O2. The van der Waals surface area contributed by atoms with E-state index in [-0.39, 0.29) is 18.0 Å². The second-order valence-electron chi connectivity index (χ2n) is 4.94. The van der Waals surface area contributed by atoms with E-state index < -0.39 is 29.8 Å². The lowest BCUT2D eigenvalue weighted by Crippen LogP contribution is -2.47. The number of ether oxygens (including phenoxy) is 1. The van der Waals surface area contributed by atoms with Gasteiger partial charge in [0.2, 0.25) is 0 Å². The number of halogens is 3. The summed E-state index contributed by atoms with van der Waals surface area (Å²) in [5.41, 5.74) is 9.48. The highest BCUT2D eigenvalue weighted by atomic mass is 19.3. The van der Waals surface area contributed by atoms with Crippen molar-refractivity contribution in [1.29, 1.82) is 0 Å². The summed E-state index contributed by atoms with van der Waals surface area (Å²) < 4.78 is 44.1. The van der Waals surface area contributed by atoms with Crippen molar-refractivity contribution in [2.75, 3.05) is 6.61 Å². The Labute approximate surface area is 118 Å². The quantitative estimate of drug-likeness (QED) is 0.877. The predicted molar refractivity (Wildman–Crippen MR) is 69.6 cm³/mol. The number of benzene rings is 1. The van der Waals surface area contributed by atoms with Gasteiger partial charge in [0.05, 0.1) is 12.2 Å². The van der Waals surface area contributed by atoms with Gasteiger partial charge in [-0.15, -0.1) is 0 Å². The third-order valence-electron chi connectivity index (χ3n) is 3.30. The molecule has 1 heterocycles. The van der Waals surface area contributed by atoms with Crippen molar-refractivity contribution in [2.24, 2.45) is 16.5 Å². The van der Waals surface area contributed by atoms with Gasteiger partial charge >= 0.3 is 0 Å². The van der Waals surface area contributed by atoms with Crippen molar-refractivity contribution >= 4 is 11.7 Å². The summed E-state index contributed by atoms with van der Waals surface area (Å²) >= 11 is 0. The number of carbonyl (C=O) groups is 1. The lowest BCUT2D eigenvalue weighted by molar-refractivity contribution is -0.0431. The lowest BCUT2D eigenvalue weighted by atomic mass is 9.91. The predicted octanol–water partition coefficient (Wildman–Crippen LogP) is 1.16. The van der Waals surface area contributed by atoms with Crippen LogP contribution in [0.5, 0.6) is 0 Å². The average molecular weight is 301 g/mol. The molecule has 114 valence electrons. The minimum Gasteiger partial charge on any atom is -0.385 e. The topological polar surface area (TPSA) is 90.7 Å². The average Bonchev–Trinajstić information content (AvgIpc) is 2.37. The van der Waals surface area contributed by atoms with Crippen molar-refractivity contribution in [3.8, 4) is 0 Å². The first kappa shape index (κ1) is 15.3. The van der Waals surface area contributed by atoms with E-state index in [2.05, 4.69) is 4.99 Å². The highest BCUT2D eigenvalue weighted by Crippen LogP contribution is 2.31. The number of hydrogen-bond acceptors (Lipinski definition) is 4. The van der Waals surface area contributed by atoms with E-state index in [1.54, 1.807) is 6.92 Å². The molecule has 1 aliphatic heterocycles. The number of amidine groups is 1. The first-order valence-electron chi connectivity index (χ1n) is 6.09. The highest BCUT2D eigenvalue weighted by Gasteiger charge is 2.38. The van der Waals surface area contributed by atoms with Crippen LogP contribution in [0.1, 0.15) is 22.8 Å². The molecule has 0 bridgehead atoms. The molecule has 1 aromatic carbocycles. The molecule has 0 aliphatic carbocycles. The molecule has 4 N–H and O–H groups in total. The van der Waals surface area contributed by atoms with Gasteiger partial charge < -0.3 is 16.2 Å². The maximum atomic E-state index is 13.8. The SMILES string of the molecule is CC1(c2ccc(C(N)=O)c(F)c2)CO[C@@H](C(F)F)C(N)=N1. The normalized spacial score (nSPS) is 25.8.